The predicted octanol–water partition coefficient (Wildman–Crippen LogP) is 2.46. The SMILES string of the molecule is COCc1nc2cc(NC(=O)C3CCC(N)C3)ccc2o1.Cl. The number of nitrogens with zero attached hydrogens (tertiary/aromatic N) is 1. The predicted molar refractivity (Wildman–Crippen MR) is 85.9 cm³/mol. The molecule has 1 aliphatic rings. The van der Waals surface area contributed by atoms with Crippen molar-refractivity contribution in [2.45, 2.75) is 31.9 Å². The third-order valence-electron chi connectivity index (χ3n) is 3.81. The van der Waals surface area contributed by atoms with E-state index in [4.69, 9.17) is 14.9 Å². The average Bonchev–Trinajstić information content (AvgIpc) is 3.04. The van der Waals surface area contributed by atoms with Gasteiger partial charge in [-0.15, -0.1) is 12.4 Å². The minimum Gasteiger partial charge on any atom is -0.438 e. The summed E-state index contributed by atoms with van der Waals surface area (Å²) in [7, 11) is 1.59. The van der Waals surface area contributed by atoms with Gasteiger partial charge in [0.25, 0.3) is 0 Å². The van der Waals surface area contributed by atoms with Crippen LogP contribution in [0.3, 0.4) is 0 Å². The van der Waals surface area contributed by atoms with E-state index in [1.54, 1.807) is 13.2 Å². The molecule has 0 aliphatic heterocycles. The van der Waals surface area contributed by atoms with Crippen LogP contribution < -0.4 is 11.1 Å². The number of carbonyl (C=O) groups is 1. The number of methoxy groups -OCH3 is 1. The molecule has 0 radical (unpaired) electrons. The smallest absolute Gasteiger partial charge is 0.227 e. The van der Waals surface area contributed by atoms with Crippen molar-refractivity contribution in [2.24, 2.45) is 11.7 Å². The number of hydrogen-bond acceptors (Lipinski definition) is 5. The Morgan fingerprint density at radius 1 is 1.50 bits per heavy atom. The van der Waals surface area contributed by atoms with Gasteiger partial charge in [-0.3, -0.25) is 4.79 Å². The summed E-state index contributed by atoms with van der Waals surface area (Å²) in [6.07, 6.45) is 2.54. The summed E-state index contributed by atoms with van der Waals surface area (Å²) < 4.78 is 10.5. The number of hydrogen-bond donors (Lipinski definition) is 2. The number of benzene rings is 1. The lowest BCUT2D eigenvalue weighted by molar-refractivity contribution is -0.119. The molecule has 7 heteroatoms. The van der Waals surface area contributed by atoms with Crippen molar-refractivity contribution in [1.29, 1.82) is 0 Å². The van der Waals surface area contributed by atoms with Crippen LogP contribution in [-0.2, 0) is 16.1 Å². The number of aromatic nitrogens is 1. The number of halogens is 1. The second-order valence-electron chi connectivity index (χ2n) is 5.48. The monoisotopic (exact) mass is 325 g/mol. The highest BCUT2D eigenvalue weighted by atomic mass is 35.5. The molecule has 1 aromatic heterocycles. The molecule has 22 heavy (non-hydrogen) atoms. The van der Waals surface area contributed by atoms with Crippen LogP contribution in [0.2, 0.25) is 0 Å². The van der Waals surface area contributed by atoms with Crippen molar-refractivity contribution in [2.75, 3.05) is 12.4 Å². The Morgan fingerprint density at radius 3 is 3.00 bits per heavy atom. The summed E-state index contributed by atoms with van der Waals surface area (Å²) in [5.41, 5.74) is 7.97. The zero-order valence-electron chi connectivity index (χ0n) is 12.4. The number of anilines is 1. The van der Waals surface area contributed by atoms with Crippen molar-refractivity contribution in [1.82, 2.24) is 4.98 Å². The number of fused-ring (bicyclic) bond motifs is 1. The van der Waals surface area contributed by atoms with E-state index >= 15 is 0 Å². The number of nitrogens with one attached hydrogen (secondary N) is 1. The lowest BCUT2D eigenvalue weighted by Crippen LogP contribution is -2.23. The van der Waals surface area contributed by atoms with Gasteiger partial charge in [0, 0.05) is 24.8 Å². The summed E-state index contributed by atoms with van der Waals surface area (Å²) >= 11 is 0. The summed E-state index contributed by atoms with van der Waals surface area (Å²) in [5, 5.41) is 2.93. The quantitative estimate of drug-likeness (QED) is 0.901. The van der Waals surface area contributed by atoms with Gasteiger partial charge in [0.15, 0.2) is 5.58 Å². The molecule has 1 heterocycles. The van der Waals surface area contributed by atoms with Gasteiger partial charge in [-0.05, 0) is 37.5 Å². The second-order valence-corrected chi connectivity index (χ2v) is 5.48. The van der Waals surface area contributed by atoms with E-state index in [9.17, 15) is 4.79 Å². The van der Waals surface area contributed by atoms with Crippen molar-refractivity contribution in [3.63, 3.8) is 0 Å². The maximum atomic E-state index is 12.2. The van der Waals surface area contributed by atoms with Crippen LogP contribution in [0.25, 0.3) is 11.1 Å². The molecule has 2 aromatic rings. The zero-order chi connectivity index (χ0) is 14.8. The highest BCUT2D eigenvalue weighted by molar-refractivity contribution is 5.94. The highest BCUT2D eigenvalue weighted by Gasteiger charge is 2.27. The molecular formula is C15H20ClN3O3. The molecular weight excluding hydrogens is 306 g/mol. The summed E-state index contributed by atoms with van der Waals surface area (Å²) in [4.78, 5) is 16.5. The number of nitrogens with two attached hydrogens (primary N) is 1. The van der Waals surface area contributed by atoms with Gasteiger partial charge < -0.3 is 20.2 Å². The number of amides is 1. The first-order valence-corrected chi connectivity index (χ1v) is 7.10. The second kappa shape index (κ2) is 7.09. The van der Waals surface area contributed by atoms with Crippen molar-refractivity contribution >= 4 is 35.1 Å². The molecule has 1 fully saturated rings. The number of rotatable bonds is 4. The number of oxazole rings is 1. The van der Waals surface area contributed by atoms with E-state index in [-0.39, 0.29) is 30.3 Å². The Morgan fingerprint density at radius 2 is 2.32 bits per heavy atom. The Labute approximate surface area is 134 Å². The molecule has 2 atom stereocenters. The number of ether oxygens (including phenoxy) is 1. The van der Waals surface area contributed by atoms with Crippen molar-refractivity contribution in [3.8, 4) is 0 Å². The van der Waals surface area contributed by atoms with Crippen LogP contribution in [0.4, 0.5) is 5.69 Å². The third-order valence-corrected chi connectivity index (χ3v) is 3.81. The van der Waals surface area contributed by atoms with Gasteiger partial charge in [-0.2, -0.15) is 0 Å². The molecule has 120 valence electrons. The fourth-order valence-electron chi connectivity index (χ4n) is 2.74. The van der Waals surface area contributed by atoms with Gasteiger partial charge in [-0.25, -0.2) is 4.98 Å². The first kappa shape index (κ1) is 16.7. The van der Waals surface area contributed by atoms with Gasteiger partial charge in [0.1, 0.15) is 12.1 Å². The van der Waals surface area contributed by atoms with E-state index in [2.05, 4.69) is 10.3 Å². The van der Waals surface area contributed by atoms with Crippen LogP contribution in [0.5, 0.6) is 0 Å². The molecule has 0 spiro atoms. The zero-order valence-corrected chi connectivity index (χ0v) is 13.2. The first-order chi connectivity index (χ1) is 10.2. The standard InChI is InChI=1S/C15H19N3O3.ClH/c1-20-8-14-18-12-7-11(4-5-13(12)21-14)17-15(19)9-2-3-10(16)6-9;/h4-5,7,9-10H,2-3,6,8,16H2,1H3,(H,17,19);1H. The Hall–Kier alpha value is -1.63. The fourth-order valence-corrected chi connectivity index (χ4v) is 2.74. The van der Waals surface area contributed by atoms with E-state index in [1.807, 2.05) is 12.1 Å². The van der Waals surface area contributed by atoms with Crippen LogP contribution >= 0.6 is 12.4 Å². The lowest BCUT2D eigenvalue weighted by Gasteiger charge is -2.10. The van der Waals surface area contributed by atoms with Crippen LogP contribution in [0.15, 0.2) is 22.6 Å². The molecule has 0 saturated heterocycles. The highest BCUT2D eigenvalue weighted by Crippen LogP contribution is 2.26. The normalized spacial score (nSPS) is 20.8. The van der Waals surface area contributed by atoms with Crippen LogP contribution in [0.1, 0.15) is 25.2 Å². The minimum absolute atomic E-state index is 0. The molecule has 0 bridgehead atoms. The third kappa shape index (κ3) is 3.58. The Kier molecular flexibility index (Phi) is 5.39. The molecule has 1 amide bonds. The molecule has 3 rings (SSSR count). The molecule has 1 aliphatic carbocycles. The number of carbonyl (C=O) groups excluding carboxylic acids is 1. The van der Waals surface area contributed by atoms with Gasteiger partial charge in [0.2, 0.25) is 11.8 Å². The van der Waals surface area contributed by atoms with E-state index in [0.29, 0.717) is 23.6 Å². The Bertz CT molecular complexity index is 659. The van der Waals surface area contributed by atoms with Gasteiger partial charge in [-0.1, -0.05) is 0 Å². The van der Waals surface area contributed by atoms with Crippen molar-refractivity contribution < 1.29 is 13.9 Å². The Balaban J connectivity index is 0.00000176. The van der Waals surface area contributed by atoms with Gasteiger partial charge in [0.05, 0.1) is 0 Å². The molecule has 6 nitrogen and oxygen atoms in total. The molecule has 1 saturated carbocycles. The fraction of sp³-hybridized carbons (Fsp3) is 0.467. The largest absolute Gasteiger partial charge is 0.438 e. The van der Waals surface area contributed by atoms with E-state index in [0.717, 1.165) is 24.9 Å². The minimum atomic E-state index is 0. The van der Waals surface area contributed by atoms with Crippen LogP contribution in [-0.4, -0.2) is 24.0 Å². The lowest BCUT2D eigenvalue weighted by atomic mass is 10.1. The summed E-state index contributed by atoms with van der Waals surface area (Å²) in [6, 6.07) is 5.58. The van der Waals surface area contributed by atoms with E-state index < -0.39 is 0 Å². The summed E-state index contributed by atoms with van der Waals surface area (Å²) in [5.74, 6) is 0.567. The van der Waals surface area contributed by atoms with Crippen molar-refractivity contribution in [3.05, 3.63) is 24.1 Å². The maximum absolute atomic E-state index is 12.2. The average molecular weight is 326 g/mol. The summed E-state index contributed by atoms with van der Waals surface area (Å²) in [6.45, 7) is 0.330. The topological polar surface area (TPSA) is 90.4 Å². The molecule has 1 aromatic carbocycles. The first-order valence-electron chi connectivity index (χ1n) is 7.10. The molecule has 3 N–H and O–H groups in total. The van der Waals surface area contributed by atoms with E-state index in [1.165, 1.54) is 0 Å². The van der Waals surface area contributed by atoms with Gasteiger partial charge >= 0.3 is 0 Å². The van der Waals surface area contributed by atoms with Crippen LogP contribution in [0, 0.1) is 5.92 Å². The molecule has 2 unspecified atom stereocenters. The maximum Gasteiger partial charge on any atom is 0.227 e.